The molecule has 35 heavy (non-hydrogen) atoms. The molecule has 4 atom stereocenters. The second-order valence-electron chi connectivity index (χ2n) is 9.97. The van der Waals surface area contributed by atoms with Crippen molar-refractivity contribution in [1.82, 2.24) is 19.5 Å². The molecule has 0 radical (unpaired) electrons. The Bertz CT molecular complexity index is 1390. The van der Waals surface area contributed by atoms with Crippen LogP contribution in [-0.4, -0.2) is 48.5 Å². The number of hydrogen-bond donors (Lipinski definition) is 4. The van der Waals surface area contributed by atoms with Gasteiger partial charge in [-0.1, -0.05) is 12.1 Å². The molecule has 9 heteroatoms. The molecule has 0 amide bonds. The first-order valence-corrected chi connectivity index (χ1v) is 13.0. The van der Waals surface area contributed by atoms with Gasteiger partial charge in [0, 0.05) is 18.1 Å². The molecule has 4 aromatic rings. The molecule has 0 spiro atoms. The van der Waals surface area contributed by atoms with Crippen molar-refractivity contribution < 1.29 is 10.2 Å². The summed E-state index contributed by atoms with van der Waals surface area (Å²) in [5.41, 5.74) is 8.80. The maximum atomic E-state index is 10.9. The van der Waals surface area contributed by atoms with Gasteiger partial charge in [0.2, 0.25) is 0 Å². The van der Waals surface area contributed by atoms with Gasteiger partial charge in [0.05, 0.1) is 27.5 Å². The first-order valence-electron chi connectivity index (χ1n) is 12.2. The summed E-state index contributed by atoms with van der Waals surface area (Å²) in [7, 11) is 0. The lowest BCUT2D eigenvalue weighted by atomic mass is 9.95. The molecule has 2 saturated carbocycles. The van der Waals surface area contributed by atoms with E-state index in [9.17, 15) is 10.2 Å². The monoisotopic (exact) mass is 536 g/mol. The number of nitrogens with zero attached hydrogens (tertiary/aromatic N) is 4. The van der Waals surface area contributed by atoms with Crippen LogP contribution in [0.5, 0.6) is 0 Å². The maximum absolute atomic E-state index is 10.9. The van der Waals surface area contributed by atoms with Crippen LogP contribution in [0.1, 0.15) is 37.3 Å². The fourth-order valence-corrected chi connectivity index (χ4v) is 5.78. The molecule has 2 aliphatic carbocycles. The van der Waals surface area contributed by atoms with Crippen molar-refractivity contribution in [1.29, 1.82) is 0 Å². The zero-order valence-electron chi connectivity index (χ0n) is 19.3. The van der Waals surface area contributed by atoms with Gasteiger partial charge in [0.1, 0.15) is 29.7 Å². The van der Waals surface area contributed by atoms with Gasteiger partial charge in [-0.25, -0.2) is 15.0 Å². The van der Waals surface area contributed by atoms with Gasteiger partial charge in [-0.3, -0.25) is 0 Å². The second kappa shape index (κ2) is 9.04. The number of aryl methyl sites for hydroxylation is 1. The van der Waals surface area contributed by atoms with Crippen molar-refractivity contribution in [3.8, 4) is 0 Å². The van der Waals surface area contributed by atoms with Crippen molar-refractivity contribution in [2.75, 3.05) is 17.6 Å². The summed E-state index contributed by atoms with van der Waals surface area (Å²) < 4.78 is 2.91. The minimum Gasteiger partial charge on any atom is -0.390 e. The predicted molar refractivity (Wildman–Crippen MR) is 140 cm³/mol. The summed E-state index contributed by atoms with van der Waals surface area (Å²) >= 11 is 3.64. The molecule has 0 aliphatic heterocycles. The van der Waals surface area contributed by atoms with Crippen LogP contribution >= 0.6 is 15.9 Å². The number of nitrogens with one attached hydrogen (secondary N) is 1. The summed E-state index contributed by atoms with van der Waals surface area (Å²) in [5.74, 6) is 2.07. The largest absolute Gasteiger partial charge is 0.390 e. The third-order valence-electron chi connectivity index (χ3n) is 7.56. The standard InChI is InChI=1S/C26H29BrN6O2/c27-19-10-16-5-3-14(9-20(16)32-25(19)29-12-15-1-2-15)4-6-17-11-21(23(35)22(17)34)33-8-7-18-24(28)30-13-31-26(18)33/h3,5,7-10,13,15,17,21-23,34-35H,1-2,4,6,11-12H2,(H,29,32)(H2,28,30,31)/t17-,21+,22+,23-/m0/s1. The molecule has 2 fully saturated rings. The summed E-state index contributed by atoms with van der Waals surface area (Å²) in [6.07, 6.45) is 6.52. The average molecular weight is 537 g/mol. The molecule has 0 bridgehead atoms. The molecular formula is C26H29BrN6O2. The number of aliphatic hydroxyl groups excluding tert-OH is 2. The van der Waals surface area contributed by atoms with Crippen LogP contribution in [0.4, 0.5) is 11.6 Å². The van der Waals surface area contributed by atoms with E-state index >= 15 is 0 Å². The molecule has 5 N–H and O–H groups in total. The quantitative estimate of drug-likeness (QED) is 0.281. The third-order valence-corrected chi connectivity index (χ3v) is 8.17. The number of aliphatic hydroxyl groups is 2. The van der Waals surface area contributed by atoms with E-state index in [0.717, 1.165) is 51.9 Å². The topological polar surface area (TPSA) is 122 Å². The number of pyridine rings is 1. The van der Waals surface area contributed by atoms with E-state index in [1.54, 1.807) is 0 Å². The fraction of sp³-hybridized carbons (Fsp3) is 0.423. The lowest BCUT2D eigenvalue weighted by Crippen LogP contribution is -2.29. The Morgan fingerprint density at radius 3 is 2.80 bits per heavy atom. The predicted octanol–water partition coefficient (Wildman–Crippen LogP) is 4.06. The highest BCUT2D eigenvalue weighted by Gasteiger charge is 2.42. The zero-order valence-corrected chi connectivity index (χ0v) is 20.9. The van der Waals surface area contributed by atoms with Gasteiger partial charge in [0.25, 0.3) is 0 Å². The van der Waals surface area contributed by atoms with E-state index < -0.39 is 12.2 Å². The van der Waals surface area contributed by atoms with Gasteiger partial charge >= 0.3 is 0 Å². The number of rotatable bonds is 7. The number of nitrogen functional groups attached to an aromatic ring is 1. The summed E-state index contributed by atoms with van der Waals surface area (Å²) in [5, 5.41) is 27.0. The van der Waals surface area contributed by atoms with E-state index in [0.29, 0.717) is 17.9 Å². The van der Waals surface area contributed by atoms with Gasteiger partial charge in [-0.15, -0.1) is 0 Å². The Labute approximate surface area is 211 Å². The molecule has 3 heterocycles. The number of halogens is 1. The number of fused-ring (bicyclic) bond motifs is 2. The van der Waals surface area contributed by atoms with Crippen molar-refractivity contribution in [2.24, 2.45) is 11.8 Å². The summed E-state index contributed by atoms with van der Waals surface area (Å²) in [4.78, 5) is 13.2. The van der Waals surface area contributed by atoms with Gasteiger partial charge in [0.15, 0.2) is 0 Å². The molecule has 3 aromatic heterocycles. The number of anilines is 2. The van der Waals surface area contributed by atoms with E-state index in [-0.39, 0.29) is 12.0 Å². The minimum absolute atomic E-state index is 0.0176. The molecule has 0 saturated heterocycles. The van der Waals surface area contributed by atoms with Crippen molar-refractivity contribution in [3.05, 3.63) is 52.9 Å². The van der Waals surface area contributed by atoms with E-state index in [2.05, 4.69) is 55.5 Å². The number of nitrogens with two attached hydrogens (primary N) is 1. The van der Waals surface area contributed by atoms with Crippen LogP contribution in [0, 0.1) is 11.8 Å². The number of aromatic nitrogens is 4. The Morgan fingerprint density at radius 1 is 1.11 bits per heavy atom. The first-order chi connectivity index (χ1) is 17.0. The van der Waals surface area contributed by atoms with Crippen molar-refractivity contribution in [3.63, 3.8) is 0 Å². The Hall–Kier alpha value is -2.75. The normalized spacial score (nSPS) is 24.4. The highest BCUT2D eigenvalue weighted by atomic mass is 79.9. The van der Waals surface area contributed by atoms with Crippen LogP contribution < -0.4 is 11.1 Å². The van der Waals surface area contributed by atoms with Crippen LogP contribution in [0.2, 0.25) is 0 Å². The maximum Gasteiger partial charge on any atom is 0.145 e. The van der Waals surface area contributed by atoms with Crippen molar-refractivity contribution in [2.45, 2.75) is 50.4 Å². The van der Waals surface area contributed by atoms with Crippen LogP contribution in [-0.2, 0) is 6.42 Å². The highest BCUT2D eigenvalue weighted by molar-refractivity contribution is 9.10. The first kappa shape index (κ1) is 22.7. The van der Waals surface area contributed by atoms with E-state index in [1.165, 1.54) is 24.7 Å². The van der Waals surface area contributed by atoms with Crippen LogP contribution in [0.3, 0.4) is 0 Å². The average Bonchev–Trinajstić information content (AvgIpc) is 3.52. The molecule has 182 valence electrons. The SMILES string of the molecule is Nc1ncnc2c1ccn2[C@@H]1C[C@H](CCc2ccc3cc(Br)c(NCC4CC4)nc3c2)[C@@H](O)[C@H]1O. The van der Waals surface area contributed by atoms with E-state index in [1.807, 2.05) is 16.8 Å². The van der Waals surface area contributed by atoms with Gasteiger partial charge in [-0.2, -0.15) is 0 Å². The second-order valence-corrected chi connectivity index (χ2v) is 10.8. The number of benzene rings is 1. The van der Waals surface area contributed by atoms with Crippen LogP contribution in [0.15, 0.2) is 47.3 Å². The van der Waals surface area contributed by atoms with Gasteiger partial charge in [-0.05, 0) is 83.6 Å². The van der Waals surface area contributed by atoms with Gasteiger partial charge < -0.3 is 25.8 Å². The molecule has 6 rings (SSSR count). The lowest BCUT2D eigenvalue weighted by Gasteiger charge is -2.19. The Morgan fingerprint density at radius 2 is 1.97 bits per heavy atom. The lowest BCUT2D eigenvalue weighted by molar-refractivity contribution is 0.00545. The van der Waals surface area contributed by atoms with Crippen LogP contribution in [0.25, 0.3) is 21.9 Å². The zero-order chi connectivity index (χ0) is 24.1. The number of hydrogen-bond acceptors (Lipinski definition) is 7. The summed E-state index contributed by atoms with van der Waals surface area (Å²) in [6.45, 7) is 0.967. The third kappa shape index (κ3) is 4.37. The Kier molecular flexibility index (Phi) is 5.86. The molecular weight excluding hydrogens is 508 g/mol. The molecule has 1 aromatic carbocycles. The fourth-order valence-electron chi connectivity index (χ4n) is 5.30. The molecule has 2 aliphatic rings. The summed E-state index contributed by atoms with van der Waals surface area (Å²) in [6, 6.07) is 10.1. The molecule has 0 unspecified atom stereocenters. The van der Waals surface area contributed by atoms with E-state index in [4.69, 9.17) is 10.7 Å². The molecule has 8 nitrogen and oxygen atoms in total. The Balaban J connectivity index is 1.17. The minimum atomic E-state index is -0.859. The van der Waals surface area contributed by atoms with Crippen molar-refractivity contribution >= 4 is 49.5 Å². The highest BCUT2D eigenvalue weighted by Crippen LogP contribution is 2.40. The smallest absolute Gasteiger partial charge is 0.145 e.